The first-order valence-electron chi connectivity index (χ1n) is 14.8. The van der Waals surface area contributed by atoms with Crippen LogP contribution in [0.25, 0.3) is 0 Å². The molecule has 4 amide bonds. The largest absolute Gasteiger partial charge is 0.481 e. The van der Waals surface area contributed by atoms with Crippen LogP contribution in [0, 0.1) is 0 Å². The molecule has 0 aromatic heterocycles. The van der Waals surface area contributed by atoms with Gasteiger partial charge in [0.05, 0.1) is 19.0 Å². The van der Waals surface area contributed by atoms with Gasteiger partial charge in [0.25, 0.3) is 0 Å². The molecule has 248 valence electrons. The van der Waals surface area contributed by atoms with Crippen LogP contribution in [0.15, 0.2) is 35.3 Å². The highest BCUT2D eigenvalue weighted by molar-refractivity contribution is 5.95. The number of carboxylic acid groups (broad SMARTS) is 1. The summed E-state index contributed by atoms with van der Waals surface area (Å²) in [5.41, 5.74) is 9.83. The number of amides is 4. The van der Waals surface area contributed by atoms with Crippen LogP contribution < -0.4 is 43.4 Å². The van der Waals surface area contributed by atoms with Crippen LogP contribution >= 0.6 is 0 Å². The molecule has 4 atom stereocenters. The molecule has 11 N–H and O–H groups in total. The number of carbonyl (C=O) groups is 6. The maximum absolute atomic E-state index is 13.6. The molecule has 1 aliphatic rings. The minimum Gasteiger partial charge on any atom is -0.481 e. The maximum atomic E-state index is 13.6. The Morgan fingerprint density at radius 2 is 1.71 bits per heavy atom. The number of hydrogen-bond acceptors (Lipinski definition) is 9. The molecule has 0 radical (unpaired) electrons. The number of hydrogen-bond donors (Lipinski definition) is 9. The maximum Gasteiger partial charge on any atom is 0.305 e. The van der Waals surface area contributed by atoms with Crippen LogP contribution in [0.4, 0.5) is 0 Å². The monoisotopic (exact) mass is 631 g/mol. The van der Waals surface area contributed by atoms with E-state index >= 15 is 0 Å². The van der Waals surface area contributed by atoms with Gasteiger partial charge < -0.3 is 53.3 Å². The lowest BCUT2D eigenvalue weighted by Crippen LogP contribution is -2.63. The average molecular weight is 632 g/mol. The standard InChI is InChI=1S/C29H45N9O7/c1-32-12-6-5-10-20-26(44)37-21(11-7-13-33-28(30)31)25(43)34-16-23(40)36-22(14-24(41)42)27(45)38-29(18-39,17-35-20)15-19-8-3-2-4-9-19/h2-4,8-9,18,20-22,32,35H,5-7,10-17H2,1H3,(H,34,43)(H,36,40)(H,37,44)(H,38,45)(H,41,42)(H4,30,31,33)/t20-,21-,22-,29-/m0/s1. The molecule has 16 nitrogen and oxygen atoms in total. The molecule has 1 saturated heterocycles. The Balaban J connectivity index is 2.49. The molecule has 1 aromatic carbocycles. The molecule has 0 saturated carbocycles. The quantitative estimate of drug-likeness (QED) is 0.0440. The van der Waals surface area contributed by atoms with E-state index in [0.29, 0.717) is 37.7 Å². The van der Waals surface area contributed by atoms with Crippen molar-refractivity contribution in [2.45, 2.75) is 68.6 Å². The number of rotatable bonds is 14. The number of benzene rings is 1. The summed E-state index contributed by atoms with van der Waals surface area (Å²) in [5, 5.41) is 25.7. The van der Waals surface area contributed by atoms with Crippen molar-refractivity contribution in [2.24, 2.45) is 16.5 Å². The molecule has 1 heterocycles. The second kappa shape index (κ2) is 19.0. The second-order valence-electron chi connectivity index (χ2n) is 10.9. The fraction of sp³-hybridized carbons (Fsp3) is 0.552. The SMILES string of the molecule is CNCCCC[C@@H]1NC[C@](C=O)(Cc2ccccc2)NC(=O)[C@H](CC(=O)O)NC(=O)CNC(=O)[C@H](CCCN=C(N)N)NC1=O. The normalized spacial score (nSPS) is 23.3. The minimum atomic E-state index is -1.63. The lowest BCUT2D eigenvalue weighted by atomic mass is 9.90. The first-order valence-corrected chi connectivity index (χ1v) is 14.8. The van der Waals surface area contributed by atoms with Gasteiger partial charge in [-0.05, 0) is 44.8 Å². The first kappa shape index (κ1) is 36.6. The Hall–Kier alpha value is -4.57. The summed E-state index contributed by atoms with van der Waals surface area (Å²) in [6.45, 7) is 0.0893. The Morgan fingerprint density at radius 1 is 1.00 bits per heavy atom. The fourth-order valence-corrected chi connectivity index (χ4v) is 4.80. The van der Waals surface area contributed by atoms with E-state index in [9.17, 15) is 33.9 Å². The zero-order valence-corrected chi connectivity index (χ0v) is 25.5. The van der Waals surface area contributed by atoms with Crippen molar-refractivity contribution in [3.05, 3.63) is 35.9 Å². The summed E-state index contributed by atoms with van der Waals surface area (Å²) in [6, 6.07) is 5.33. The second-order valence-corrected chi connectivity index (χ2v) is 10.9. The lowest BCUT2D eigenvalue weighted by molar-refractivity contribution is -0.141. The lowest BCUT2D eigenvalue weighted by Gasteiger charge is -2.33. The van der Waals surface area contributed by atoms with E-state index < -0.39 is 66.2 Å². The first-order chi connectivity index (χ1) is 21.5. The van der Waals surface area contributed by atoms with Gasteiger partial charge in [0.15, 0.2) is 5.96 Å². The van der Waals surface area contributed by atoms with Crippen molar-refractivity contribution in [3.63, 3.8) is 0 Å². The molecule has 0 aliphatic carbocycles. The van der Waals surface area contributed by atoms with Crippen LogP contribution in [-0.4, -0.2) is 104 Å². The molecule has 2 rings (SSSR count). The van der Waals surface area contributed by atoms with Gasteiger partial charge >= 0.3 is 5.97 Å². The number of nitrogens with zero attached hydrogens (tertiary/aromatic N) is 1. The molecule has 45 heavy (non-hydrogen) atoms. The number of aliphatic carboxylic acids is 1. The predicted molar refractivity (Wildman–Crippen MR) is 166 cm³/mol. The van der Waals surface area contributed by atoms with Gasteiger partial charge in [-0.2, -0.15) is 0 Å². The summed E-state index contributed by atoms with van der Waals surface area (Å²) in [6.07, 6.45) is 1.93. The van der Waals surface area contributed by atoms with Gasteiger partial charge in [-0.3, -0.25) is 29.0 Å². The molecule has 1 aromatic rings. The smallest absolute Gasteiger partial charge is 0.305 e. The number of nitrogens with one attached hydrogen (secondary N) is 6. The number of carbonyl (C=O) groups excluding carboxylic acids is 5. The third-order valence-corrected chi connectivity index (χ3v) is 7.14. The van der Waals surface area contributed by atoms with Gasteiger partial charge in [-0.15, -0.1) is 0 Å². The zero-order chi connectivity index (χ0) is 33.2. The van der Waals surface area contributed by atoms with Crippen LogP contribution in [0.5, 0.6) is 0 Å². The van der Waals surface area contributed by atoms with Crippen LogP contribution in [0.3, 0.4) is 0 Å². The van der Waals surface area contributed by atoms with Gasteiger partial charge in [0.2, 0.25) is 23.6 Å². The fourth-order valence-electron chi connectivity index (χ4n) is 4.80. The van der Waals surface area contributed by atoms with Crippen LogP contribution in [-0.2, 0) is 35.2 Å². The van der Waals surface area contributed by atoms with Crippen LogP contribution in [0.1, 0.15) is 44.1 Å². The number of aliphatic imine (C=N–C) groups is 1. The van der Waals surface area contributed by atoms with Gasteiger partial charge in [-0.25, -0.2) is 0 Å². The average Bonchev–Trinajstić information content (AvgIpc) is 3.00. The number of aldehydes is 1. The molecule has 0 bridgehead atoms. The summed E-state index contributed by atoms with van der Waals surface area (Å²) in [7, 11) is 1.81. The number of guanidine groups is 1. The third-order valence-electron chi connectivity index (χ3n) is 7.14. The van der Waals surface area contributed by atoms with E-state index in [1.807, 2.05) is 7.05 Å². The topological polar surface area (TPSA) is 259 Å². The number of nitrogens with two attached hydrogens (primary N) is 2. The Morgan fingerprint density at radius 3 is 2.36 bits per heavy atom. The van der Waals surface area contributed by atoms with Crippen molar-refractivity contribution in [3.8, 4) is 0 Å². The van der Waals surface area contributed by atoms with Crippen molar-refractivity contribution in [2.75, 3.05) is 33.2 Å². The van der Waals surface area contributed by atoms with E-state index in [1.165, 1.54) is 0 Å². The summed E-state index contributed by atoms with van der Waals surface area (Å²) in [4.78, 5) is 81.1. The molecule has 0 unspecified atom stereocenters. The molecular formula is C29H45N9O7. The summed E-state index contributed by atoms with van der Waals surface area (Å²) < 4.78 is 0. The molecular weight excluding hydrogens is 586 g/mol. The highest BCUT2D eigenvalue weighted by Crippen LogP contribution is 2.14. The van der Waals surface area contributed by atoms with Gasteiger partial charge in [0, 0.05) is 19.5 Å². The molecule has 1 fully saturated rings. The summed E-state index contributed by atoms with van der Waals surface area (Å²) in [5.74, 6) is -4.43. The van der Waals surface area contributed by atoms with Crippen molar-refractivity contribution >= 4 is 41.8 Å². The summed E-state index contributed by atoms with van der Waals surface area (Å²) >= 11 is 0. The Bertz CT molecular complexity index is 1190. The van der Waals surface area contributed by atoms with E-state index in [2.05, 4.69) is 36.9 Å². The predicted octanol–water partition coefficient (Wildman–Crippen LogP) is -2.74. The van der Waals surface area contributed by atoms with Crippen molar-refractivity contribution in [1.82, 2.24) is 31.9 Å². The van der Waals surface area contributed by atoms with Crippen molar-refractivity contribution < 1.29 is 33.9 Å². The van der Waals surface area contributed by atoms with Gasteiger partial charge in [-0.1, -0.05) is 36.8 Å². The number of unbranched alkanes of at least 4 members (excludes halogenated alkanes) is 1. The van der Waals surface area contributed by atoms with Crippen molar-refractivity contribution in [1.29, 1.82) is 0 Å². The highest BCUT2D eigenvalue weighted by Gasteiger charge is 2.37. The van der Waals surface area contributed by atoms with Crippen LogP contribution in [0.2, 0.25) is 0 Å². The van der Waals surface area contributed by atoms with E-state index in [4.69, 9.17) is 11.5 Å². The molecule has 0 spiro atoms. The Kier molecular flexibility index (Phi) is 15.4. The number of carboxylic acids is 1. The molecule has 16 heteroatoms. The molecule has 1 aliphatic heterocycles. The van der Waals surface area contributed by atoms with E-state index in [-0.39, 0.29) is 31.9 Å². The van der Waals surface area contributed by atoms with E-state index in [1.54, 1.807) is 30.3 Å². The highest BCUT2D eigenvalue weighted by atomic mass is 16.4. The third kappa shape index (κ3) is 13.3. The Labute approximate surface area is 261 Å². The van der Waals surface area contributed by atoms with E-state index in [0.717, 1.165) is 6.42 Å². The zero-order valence-electron chi connectivity index (χ0n) is 25.5. The minimum absolute atomic E-state index is 0.00533. The van der Waals surface area contributed by atoms with Gasteiger partial charge in [0.1, 0.15) is 23.9 Å².